The number of nitrogens with one attached hydrogen (secondary N) is 1. The molecule has 0 spiro atoms. The Morgan fingerprint density at radius 1 is 0.839 bits per heavy atom. The highest BCUT2D eigenvalue weighted by Crippen LogP contribution is 2.31. The van der Waals surface area contributed by atoms with E-state index in [0.29, 0.717) is 17.1 Å². The molecule has 158 valence electrons. The van der Waals surface area contributed by atoms with Gasteiger partial charge in [-0.2, -0.15) is 0 Å². The van der Waals surface area contributed by atoms with Crippen molar-refractivity contribution in [2.75, 3.05) is 0 Å². The van der Waals surface area contributed by atoms with Crippen LogP contribution in [-0.2, 0) is 4.79 Å². The molecule has 1 atom stereocenters. The summed E-state index contributed by atoms with van der Waals surface area (Å²) in [4.78, 5) is 15.3. The van der Waals surface area contributed by atoms with Crippen molar-refractivity contribution in [1.29, 1.82) is 0 Å². The molecule has 4 rings (SSSR count). The third kappa shape index (κ3) is 4.80. The fraction of sp³-hybridized carbons (Fsp3) is 0.0870. The molecule has 0 saturated carbocycles. The first kappa shape index (κ1) is 20.3. The van der Waals surface area contributed by atoms with Gasteiger partial charge < -0.3 is 20.2 Å². The van der Waals surface area contributed by atoms with Gasteiger partial charge in [0.15, 0.2) is 0 Å². The van der Waals surface area contributed by atoms with Crippen LogP contribution in [0.15, 0.2) is 79.0 Å². The number of amides is 1. The van der Waals surface area contributed by atoms with E-state index < -0.39 is 18.2 Å². The van der Waals surface area contributed by atoms with Crippen LogP contribution < -0.4 is 15.2 Å². The average Bonchev–Trinajstić information content (AvgIpc) is 3.18. The third-order valence-corrected chi connectivity index (χ3v) is 4.70. The molecule has 0 aliphatic carbocycles. The predicted octanol–water partition coefficient (Wildman–Crippen LogP) is 5.48. The Morgan fingerprint density at radius 2 is 1.42 bits per heavy atom. The highest BCUT2D eigenvalue weighted by atomic mass is 19.4. The number of primary amides is 1. The number of hydrogen-bond acceptors (Lipinski definition) is 3. The van der Waals surface area contributed by atoms with Crippen LogP contribution in [0.5, 0.6) is 17.2 Å². The van der Waals surface area contributed by atoms with Gasteiger partial charge in [-0.3, -0.25) is 4.79 Å². The molecule has 3 N–H and O–H groups in total. The smallest absolute Gasteiger partial charge is 0.457 e. The van der Waals surface area contributed by atoms with E-state index in [0.717, 1.165) is 28.6 Å². The van der Waals surface area contributed by atoms with Crippen LogP contribution in [0, 0.1) is 0 Å². The number of nitrogens with two attached hydrogens (primary N) is 1. The minimum absolute atomic E-state index is 0.334. The van der Waals surface area contributed by atoms with Crippen molar-refractivity contribution in [3.05, 3.63) is 90.1 Å². The van der Waals surface area contributed by atoms with Gasteiger partial charge in [-0.05, 0) is 71.1 Å². The molecule has 1 amide bonds. The van der Waals surface area contributed by atoms with E-state index in [2.05, 4.69) is 9.72 Å². The number of ether oxygens (including phenoxy) is 2. The number of aromatic amines is 1. The first-order valence-corrected chi connectivity index (χ1v) is 9.28. The molecule has 0 aliphatic heterocycles. The number of alkyl halides is 3. The van der Waals surface area contributed by atoms with Gasteiger partial charge in [-0.1, -0.05) is 18.2 Å². The van der Waals surface area contributed by atoms with Gasteiger partial charge in [0.05, 0.1) is 5.92 Å². The summed E-state index contributed by atoms with van der Waals surface area (Å²) in [5, 5.41) is 0.974. The number of carbonyl (C=O) groups excluding carboxylic acids is 1. The summed E-state index contributed by atoms with van der Waals surface area (Å²) in [5.74, 6) is -0.654. The maximum atomic E-state index is 12.2. The van der Waals surface area contributed by atoms with Crippen molar-refractivity contribution < 1.29 is 27.4 Å². The van der Waals surface area contributed by atoms with E-state index in [4.69, 9.17) is 10.5 Å². The van der Waals surface area contributed by atoms with Gasteiger partial charge in [-0.15, -0.1) is 13.2 Å². The van der Waals surface area contributed by atoms with Crippen molar-refractivity contribution in [2.24, 2.45) is 5.73 Å². The van der Waals surface area contributed by atoms with Gasteiger partial charge in [0.2, 0.25) is 5.91 Å². The van der Waals surface area contributed by atoms with E-state index in [1.54, 1.807) is 24.3 Å². The van der Waals surface area contributed by atoms with E-state index in [1.165, 1.54) is 12.1 Å². The Bertz CT molecular complexity index is 1200. The van der Waals surface area contributed by atoms with Crippen molar-refractivity contribution in [2.45, 2.75) is 12.3 Å². The van der Waals surface area contributed by atoms with Crippen LogP contribution in [0.4, 0.5) is 13.2 Å². The lowest BCUT2D eigenvalue weighted by Gasteiger charge is -2.15. The topological polar surface area (TPSA) is 77.3 Å². The summed E-state index contributed by atoms with van der Waals surface area (Å²) in [6.45, 7) is 0. The van der Waals surface area contributed by atoms with Gasteiger partial charge in [0.1, 0.15) is 17.2 Å². The normalized spacial score (nSPS) is 12.5. The van der Waals surface area contributed by atoms with Crippen LogP contribution >= 0.6 is 0 Å². The molecule has 0 aliphatic rings. The Balaban J connectivity index is 1.51. The molecule has 1 unspecified atom stereocenters. The molecule has 0 radical (unpaired) electrons. The number of H-pyrrole nitrogens is 1. The van der Waals surface area contributed by atoms with E-state index in [9.17, 15) is 18.0 Å². The van der Waals surface area contributed by atoms with E-state index in [1.807, 2.05) is 30.5 Å². The molecule has 8 heteroatoms. The van der Waals surface area contributed by atoms with Crippen LogP contribution in [0.2, 0.25) is 0 Å². The summed E-state index contributed by atoms with van der Waals surface area (Å²) in [6, 6.07) is 19.4. The summed E-state index contributed by atoms with van der Waals surface area (Å²) in [5.41, 5.74) is 8.10. The van der Waals surface area contributed by atoms with Crippen molar-refractivity contribution in [1.82, 2.24) is 4.98 Å². The number of hydrogen-bond donors (Lipinski definition) is 2. The van der Waals surface area contributed by atoms with Gasteiger partial charge in [0, 0.05) is 11.7 Å². The summed E-state index contributed by atoms with van der Waals surface area (Å²) in [7, 11) is 0. The SMILES string of the molecule is NC(=O)C(c1ccc(Oc2ccc(OC(F)(F)F)cc2)cc1)c1ccc2[nH]ccc2c1. The standard InChI is InChI=1S/C23H17F3N2O3/c24-23(25,26)31-19-8-6-18(7-9-19)30-17-4-1-14(2-5-17)21(22(27)29)16-3-10-20-15(13-16)11-12-28-20/h1-13,21,28H,(H2,27,29). The minimum atomic E-state index is -4.75. The Hall–Kier alpha value is -3.94. The summed E-state index contributed by atoms with van der Waals surface area (Å²) in [6.07, 6.45) is -2.93. The van der Waals surface area contributed by atoms with Crippen molar-refractivity contribution >= 4 is 16.8 Å². The third-order valence-electron chi connectivity index (χ3n) is 4.70. The molecule has 3 aromatic carbocycles. The monoisotopic (exact) mass is 426 g/mol. The maximum absolute atomic E-state index is 12.2. The van der Waals surface area contributed by atoms with Crippen LogP contribution in [0.3, 0.4) is 0 Å². The minimum Gasteiger partial charge on any atom is -0.457 e. The Morgan fingerprint density at radius 3 is 2.03 bits per heavy atom. The highest BCUT2D eigenvalue weighted by molar-refractivity contribution is 5.88. The molecule has 0 saturated heterocycles. The number of carbonyl (C=O) groups is 1. The number of benzene rings is 3. The largest absolute Gasteiger partial charge is 0.573 e. The second-order valence-electron chi connectivity index (χ2n) is 6.85. The lowest BCUT2D eigenvalue weighted by atomic mass is 9.90. The second-order valence-corrected chi connectivity index (χ2v) is 6.85. The van der Waals surface area contributed by atoms with Crippen molar-refractivity contribution in [3.63, 3.8) is 0 Å². The van der Waals surface area contributed by atoms with E-state index >= 15 is 0 Å². The lowest BCUT2D eigenvalue weighted by molar-refractivity contribution is -0.274. The first-order valence-electron chi connectivity index (χ1n) is 9.28. The van der Waals surface area contributed by atoms with Gasteiger partial charge in [-0.25, -0.2) is 0 Å². The van der Waals surface area contributed by atoms with Crippen molar-refractivity contribution in [3.8, 4) is 17.2 Å². The molecule has 31 heavy (non-hydrogen) atoms. The fourth-order valence-corrected chi connectivity index (χ4v) is 3.35. The highest BCUT2D eigenvalue weighted by Gasteiger charge is 2.31. The molecular weight excluding hydrogens is 409 g/mol. The van der Waals surface area contributed by atoms with Gasteiger partial charge >= 0.3 is 6.36 Å². The number of rotatable bonds is 6. The quantitative estimate of drug-likeness (QED) is 0.429. The predicted molar refractivity (Wildman–Crippen MR) is 109 cm³/mol. The average molecular weight is 426 g/mol. The number of aromatic nitrogens is 1. The number of halogens is 3. The van der Waals surface area contributed by atoms with E-state index in [-0.39, 0.29) is 5.75 Å². The second kappa shape index (κ2) is 8.06. The molecular formula is C23H17F3N2O3. The summed E-state index contributed by atoms with van der Waals surface area (Å²) >= 11 is 0. The first-order chi connectivity index (χ1) is 14.8. The fourth-order valence-electron chi connectivity index (χ4n) is 3.35. The molecule has 1 aromatic heterocycles. The van der Waals surface area contributed by atoms with Gasteiger partial charge in [0.25, 0.3) is 0 Å². The molecule has 4 aromatic rings. The zero-order chi connectivity index (χ0) is 22.0. The number of fused-ring (bicyclic) bond motifs is 1. The zero-order valence-corrected chi connectivity index (χ0v) is 16.0. The summed E-state index contributed by atoms with van der Waals surface area (Å²) < 4.78 is 46.2. The maximum Gasteiger partial charge on any atom is 0.573 e. The lowest BCUT2D eigenvalue weighted by Crippen LogP contribution is -2.22. The molecule has 5 nitrogen and oxygen atoms in total. The molecule has 0 fully saturated rings. The van der Waals surface area contributed by atoms with Crippen LogP contribution in [0.1, 0.15) is 17.0 Å². The molecule has 1 heterocycles. The van der Waals surface area contributed by atoms with Crippen LogP contribution in [0.25, 0.3) is 10.9 Å². The molecule has 0 bridgehead atoms. The van der Waals surface area contributed by atoms with Crippen LogP contribution in [-0.4, -0.2) is 17.3 Å². The Kier molecular flexibility index (Phi) is 5.29. The Labute approximate surface area is 175 Å². The zero-order valence-electron chi connectivity index (χ0n) is 16.0.